The first-order valence-corrected chi connectivity index (χ1v) is 18.4. The number of fused-ring (bicyclic) bond motifs is 1. The van der Waals surface area contributed by atoms with Crippen LogP contribution in [0.2, 0.25) is 33.2 Å². The van der Waals surface area contributed by atoms with Crippen LogP contribution in [-0.4, -0.2) is 23.3 Å². The number of methoxy groups -OCH3 is 1. The van der Waals surface area contributed by atoms with Crippen molar-refractivity contribution >= 4 is 26.9 Å². The molecule has 0 bridgehead atoms. The van der Waals surface area contributed by atoms with E-state index in [9.17, 15) is 0 Å². The summed E-state index contributed by atoms with van der Waals surface area (Å²) >= 11 is 0. The monoisotopic (exact) mass is 518 g/mol. The van der Waals surface area contributed by atoms with Crippen molar-refractivity contribution in [3.63, 3.8) is 0 Å². The quantitative estimate of drug-likeness (QED) is 0.262. The van der Waals surface area contributed by atoms with Gasteiger partial charge in [0.25, 0.3) is 0 Å². The summed E-state index contributed by atoms with van der Waals surface area (Å²) in [4.78, 5) is 0. The van der Waals surface area contributed by atoms with Crippen LogP contribution in [-0.2, 0) is 0 Å². The van der Waals surface area contributed by atoms with Crippen LogP contribution in [0.5, 0.6) is 5.75 Å². The third kappa shape index (κ3) is 5.49. The molecule has 0 N–H and O–H groups in total. The molecule has 0 fully saturated rings. The molecule has 2 aromatic rings. The Bertz CT molecular complexity index is 1120. The fraction of sp³-hybridized carbons (Fsp3) is 0.576. The molecule has 0 saturated carbocycles. The highest BCUT2D eigenvalue weighted by Gasteiger charge is 2.42. The summed E-state index contributed by atoms with van der Waals surface area (Å²) < 4.78 is 5.83. The van der Waals surface area contributed by atoms with Gasteiger partial charge < -0.3 is 4.74 Å². The molecule has 0 amide bonds. The molecule has 2 aromatic carbocycles. The molecule has 36 heavy (non-hydrogen) atoms. The van der Waals surface area contributed by atoms with Gasteiger partial charge in [-0.25, -0.2) is 0 Å². The Labute approximate surface area is 224 Å². The van der Waals surface area contributed by atoms with Crippen molar-refractivity contribution in [2.75, 3.05) is 7.11 Å². The Morgan fingerprint density at radius 1 is 0.556 bits per heavy atom. The van der Waals surface area contributed by atoms with Crippen LogP contribution in [0.25, 0.3) is 10.8 Å². The molecule has 2 rings (SSSR count). The zero-order valence-electron chi connectivity index (χ0n) is 25.3. The maximum Gasteiger partial charge on any atom is 0.146 e. The van der Waals surface area contributed by atoms with E-state index < -0.39 is 16.1 Å². The van der Waals surface area contributed by atoms with E-state index in [0.29, 0.717) is 33.2 Å². The molecule has 0 atom stereocenters. The molecule has 0 saturated heterocycles. The van der Waals surface area contributed by atoms with Gasteiger partial charge in [-0.05, 0) is 56.8 Å². The highest BCUT2D eigenvalue weighted by molar-refractivity contribution is 6.91. The number of rotatable bonds is 7. The zero-order chi connectivity index (χ0) is 27.4. The normalized spacial score (nSPS) is 12.5. The van der Waals surface area contributed by atoms with Crippen LogP contribution in [0.15, 0.2) is 30.3 Å². The summed E-state index contributed by atoms with van der Waals surface area (Å²) in [5, 5.41) is 2.33. The Kier molecular flexibility index (Phi) is 10.1. The van der Waals surface area contributed by atoms with Crippen molar-refractivity contribution in [3.05, 3.63) is 41.5 Å². The maximum atomic E-state index is 5.83. The van der Waals surface area contributed by atoms with E-state index in [1.165, 1.54) is 5.39 Å². The minimum Gasteiger partial charge on any atom is -0.495 e. The van der Waals surface area contributed by atoms with Crippen molar-refractivity contribution < 1.29 is 4.74 Å². The molecule has 196 valence electrons. The standard InChI is InChI=1S/C33H50OSi2/c1-23(2)35(24(3)4,25(5)6)21-19-29-15-14-16-31-30(29)17-18-33(34-13)32(31)20-22-36(26(7)8,27(9)10)28(11)12/h14-18,23-28H,1-13H3. The van der Waals surface area contributed by atoms with Crippen LogP contribution in [0.4, 0.5) is 0 Å². The number of hydrogen-bond donors (Lipinski definition) is 0. The molecule has 0 radical (unpaired) electrons. The summed E-state index contributed by atoms with van der Waals surface area (Å²) in [7, 11) is -1.93. The van der Waals surface area contributed by atoms with Crippen LogP contribution in [0.3, 0.4) is 0 Å². The maximum absolute atomic E-state index is 5.83. The lowest BCUT2D eigenvalue weighted by Gasteiger charge is -2.38. The van der Waals surface area contributed by atoms with Gasteiger partial charge >= 0.3 is 0 Å². The van der Waals surface area contributed by atoms with E-state index in [-0.39, 0.29) is 0 Å². The molecular weight excluding hydrogens is 469 g/mol. The highest BCUT2D eigenvalue weighted by Crippen LogP contribution is 2.42. The van der Waals surface area contributed by atoms with E-state index in [1.54, 1.807) is 7.11 Å². The second-order valence-electron chi connectivity index (χ2n) is 12.3. The molecular formula is C33H50OSi2. The van der Waals surface area contributed by atoms with Gasteiger partial charge in [0.2, 0.25) is 0 Å². The Balaban J connectivity index is 2.84. The van der Waals surface area contributed by atoms with Crippen molar-refractivity contribution in [3.8, 4) is 28.7 Å². The number of hydrogen-bond acceptors (Lipinski definition) is 1. The SMILES string of the molecule is COc1ccc2c(C#C[Si](C(C)C)(C(C)C)C(C)C)cccc2c1C#C[Si](C(C)C)(C(C)C)C(C)C. The molecule has 0 heterocycles. The Morgan fingerprint density at radius 2 is 1.00 bits per heavy atom. The van der Waals surface area contributed by atoms with Crippen LogP contribution < -0.4 is 4.74 Å². The summed E-state index contributed by atoms with van der Waals surface area (Å²) in [5.41, 5.74) is 13.6. The minimum absolute atomic E-state index is 0.591. The summed E-state index contributed by atoms with van der Waals surface area (Å²) in [6, 6.07) is 10.8. The smallest absolute Gasteiger partial charge is 0.146 e. The van der Waals surface area contributed by atoms with E-state index in [1.807, 2.05) is 0 Å². The molecule has 0 aliphatic rings. The van der Waals surface area contributed by atoms with Crippen LogP contribution in [0.1, 0.15) is 94.2 Å². The summed E-state index contributed by atoms with van der Waals surface area (Å²) in [6.45, 7) is 28.4. The third-order valence-electron chi connectivity index (χ3n) is 8.79. The van der Waals surface area contributed by atoms with Crippen LogP contribution >= 0.6 is 0 Å². The van der Waals surface area contributed by atoms with Gasteiger partial charge in [-0.3, -0.25) is 0 Å². The van der Waals surface area contributed by atoms with E-state index in [0.717, 1.165) is 22.3 Å². The van der Waals surface area contributed by atoms with E-state index in [4.69, 9.17) is 4.74 Å². The highest BCUT2D eigenvalue weighted by atomic mass is 28.3. The molecule has 0 aromatic heterocycles. The average Bonchev–Trinajstić information content (AvgIpc) is 2.78. The van der Waals surface area contributed by atoms with Gasteiger partial charge in [0, 0.05) is 10.9 Å². The van der Waals surface area contributed by atoms with Gasteiger partial charge in [0.1, 0.15) is 21.9 Å². The van der Waals surface area contributed by atoms with Crippen molar-refractivity contribution in [2.24, 2.45) is 0 Å². The number of benzene rings is 2. The average molecular weight is 519 g/mol. The van der Waals surface area contributed by atoms with E-state index in [2.05, 4.69) is 136 Å². The lowest BCUT2D eigenvalue weighted by Crippen LogP contribution is -2.43. The largest absolute Gasteiger partial charge is 0.495 e. The third-order valence-corrected chi connectivity index (χ3v) is 21.4. The zero-order valence-corrected chi connectivity index (χ0v) is 27.3. The predicted octanol–water partition coefficient (Wildman–Crippen LogP) is 9.99. The summed E-state index contributed by atoms with van der Waals surface area (Å²) in [6.07, 6.45) is 0. The molecule has 0 aliphatic heterocycles. The molecule has 1 nitrogen and oxygen atoms in total. The first-order valence-electron chi connectivity index (χ1n) is 13.9. The fourth-order valence-electron chi connectivity index (χ4n) is 6.96. The second kappa shape index (κ2) is 12.1. The first kappa shape index (κ1) is 30.3. The first-order chi connectivity index (χ1) is 16.8. The Morgan fingerprint density at radius 3 is 1.42 bits per heavy atom. The fourth-order valence-corrected chi connectivity index (χ4v) is 17.4. The van der Waals surface area contributed by atoms with Crippen LogP contribution in [0, 0.1) is 22.9 Å². The van der Waals surface area contributed by atoms with E-state index >= 15 is 0 Å². The molecule has 0 aliphatic carbocycles. The van der Waals surface area contributed by atoms with Gasteiger partial charge in [-0.2, -0.15) is 0 Å². The molecule has 3 heteroatoms. The topological polar surface area (TPSA) is 9.23 Å². The molecule has 0 spiro atoms. The number of ether oxygens (including phenoxy) is 1. The Hall–Kier alpha value is -1.95. The van der Waals surface area contributed by atoms with Crippen molar-refractivity contribution in [2.45, 2.75) is 116 Å². The van der Waals surface area contributed by atoms with Gasteiger partial charge in [-0.1, -0.05) is 107 Å². The van der Waals surface area contributed by atoms with Crippen molar-refractivity contribution in [1.82, 2.24) is 0 Å². The van der Waals surface area contributed by atoms with Gasteiger partial charge in [0.15, 0.2) is 0 Å². The van der Waals surface area contributed by atoms with Crippen molar-refractivity contribution in [1.29, 1.82) is 0 Å². The van der Waals surface area contributed by atoms with Gasteiger partial charge in [-0.15, -0.1) is 11.1 Å². The summed E-state index contributed by atoms with van der Waals surface area (Å²) in [5.74, 6) is 8.25. The van der Waals surface area contributed by atoms with Gasteiger partial charge in [0.05, 0.1) is 12.7 Å². The molecule has 0 unspecified atom stereocenters. The lowest BCUT2D eigenvalue weighted by molar-refractivity contribution is 0.414. The lowest BCUT2D eigenvalue weighted by atomic mass is 10.00. The predicted molar refractivity (Wildman–Crippen MR) is 166 cm³/mol. The second-order valence-corrected chi connectivity index (χ2v) is 23.5. The minimum atomic E-state index is -1.86.